The van der Waals surface area contributed by atoms with Gasteiger partial charge in [-0.15, -0.1) is 11.3 Å². The number of thiazole rings is 1. The first-order chi connectivity index (χ1) is 10.6. The Morgan fingerprint density at radius 1 is 1.36 bits per heavy atom. The predicted octanol–water partition coefficient (Wildman–Crippen LogP) is 3.40. The molecule has 0 aliphatic rings. The second-order valence-electron chi connectivity index (χ2n) is 5.19. The molecule has 2 rings (SSSR count). The van der Waals surface area contributed by atoms with Gasteiger partial charge in [0.15, 0.2) is 0 Å². The Labute approximate surface area is 134 Å². The highest BCUT2D eigenvalue weighted by atomic mass is 32.1. The molecule has 0 saturated carbocycles. The quantitative estimate of drug-likeness (QED) is 0.764. The highest BCUT2D eigenvalue weighted by Crippen LogP contribution is 2.23. The first kappa shape index (κ1) is 16.5. The Morgan fingerprint density at radius 2 is 2.09 bits per heavy atom. The second kappa shape index (κ2) is 7.91. The molecule has 6 heteroatoms. The second-order valence-corrected chi connectivity index (χ2v) is 6.26. The Bertz CT molecular complexity index is 610. The van der Waals surface area contributed by atoms with Crippen LogP contribution in [0.15, 0.2) is 29.6 Å². The van der Waals surface area contributed by atoms with Crippen molar-refractivity contribution >= 4 is 23.1 Å². The summed E-state index contributed by atoms with van der Waals surface area (Å²) in [6, 6.07) is 7.41. The molecule has 3 N–H and O–H groups in total. The van der Waals surface area contributed by atoms with Gasteiger partial charge in [0.05, 0.1) is 10.7 Å². The molecule has 22 heavy (non-hydrogen) atoms. The van der Waals surface area contributed by atoms with Gasteiger partial charge in [-0.25, -0.2) is 9.78 Å². The van der Waals surface area contributed by atoms with E-state index in [1.54, 1.807) is 11.3 Å². The molecule has 5 nitrogen and oxygen atoms in total. The largest absolute Gasteiger partial charge is 0.396 e. The van der Waals surface area contributed by atoms with Gasteiger partial charge in [-0.2, -0.15) is 0 Å². The molecular formula is C16H21N3O2S. The van der Waals surface area contributed by atoms with Crippen LogP contribution in [0.25, 0.3) is 11.3 Å². The maximum Gasteiger partial charge on any atom is 0.319 e. The van der Waals surface area contributed by atoms with Crippen LogP contribution in [0.1, 0.15) is 24.8 Å². The van der Waals surface area contributed by atoms with Gasteiger partial charge in [0, 0.05) is 29.3 Å². The average molecular weight is 319 g/mol. The number of aryl methyl sites for hydroxylation is 1. The van der Waals surface area contributed by atoms with Crippen LogP contribution in [0.5, 0.6) is 0 Å². The fourth-order valence-electron chi connectivity index (χ4n) is 2.08. The van der Waals surface area contributed by atoms with Gasteiger partial charge >= 0.3 is 6.03 Å². The molecule has 1 unspecified atom stereocenters. The standard InChI is InChI=1S/C16H21N3O2S/c1-11(4-3-9-20)17-16(21)19-14-7-5-13(6-8-14)15-10-22-12(2)18-15/h5-8,10-11,20H,3-4,9H2,1-2H3,(H2,17,19,21). The maximum atomic E-state index is 11.8. The topological polar surface area (TPSA) is 74.2 Å². The summed E-state index contributed by atoms with van der Waals surface area (Å²) in [6.07, 6.45) is 1.44. The van der Waals surface area contributed by atoms with E-state index in [0.29, 0.717) is 6.42 Å². The van der Waals surface area contributed by atoms with Gasteiger partial charge in [-0.1, -0.05) is 12.1 Å². The third-order valence-electron chi connectivity index (χ3n) is 3.23. The van der Waals surface area contributed by atoms with Gasteiger partial charge in [0.25, 0.3) is 0 Å². The minimum Gasteiger partial charge on any atom is -0.396 e. The summed E-state index contributed by atoms with van der Waals surface area (Å²) in [5.74, 6) is 0. The van der Waals surface area contributed by atoms with E-state index in [-0.39, 0.29) is 18.7 Å². The average Bonchev–Trinajstić information content (AvgIpc) is 2.92. The van der Waals surface area contributed by atoms with E-state index in [1.807, 2.05) is 43.5 Å². The molecule has 0 fully saturated rings. The van der Waals surface area contributed by atoms with Crippen molar-refractivity contribution in [1.82, 2.24) is 10.3 Å². The molecule has 2 amide bonds. The molecule has 1 heterocycles. The summed E-state index contributed by atoms with van der Waals surface area (Å²) in [6.45, 7) is 4.04. The summed E-state index contributed by atoms with van der Waals surface area (Å²) in [4.78, 5) is 16.3. The van der Waals surface area contributed by atoms with E-state index in [9.17, 15) is 4.79 Å². The number of carbonyl (C=O) groups is 1. The van der Waals surface area contributed by atoms with Crippen LogP contribution in [-0.4, -0.2) is 28.8 Å². The Morgan fingerprint density at radius 3 is 2.68 bits per heavy atom. The van der Waals surface area contributed by atoms with Crippen molar-refractivity contribution in [3.05, 3.63) is 34.7 Å². The van der Waals surface area contributed by atoms with Gasteiger partial charge in [0.1, 0.15) is 0 Å². The summed E-state index contributed by atoms with van der Waals surface area (Å²) in [5.41, 5.74) is 2.73. The number of benzene rings is 1. The smallest absolute Gasteiger partial charge is 0.319 e. The van der Waals surface area contributed by atoms with E-state index < -0.39 is 0 Å². The zero-order valence-corrected chi connectivity index (χ0v) is 13.6. The molecular weight excluding hydrogens is 298 g/mol. The fourth-order valence-corrected chi connectivity index (χ4v) is 2.70. The number of urea groups is 1. The van der Waals surface area contributed by atoms with Crippen LogP contribution in [0.3, 0.4) is 0 Å². The number of nitrogens with zero attached hydrogens (tertiary/aromatic N) is 1. The number of aromatic nitrogens is 1. The summed E-state index contributed by atoms with van der Waals surface area (Å²) in [5, 5.41) is 17.5. The normalized spacial score (nSPS) is 12.0. The van der Waals surface area contributed by atoms with Crippen molar-refractivity contribution in [1.29, 1.82) is 0 Å². The number of aliphatic hydroxyl groups is 1. The van der Waals surface area contributed by atoms with Gasteiger partial charge < -0.3 is 15.7 Å². The Hall–Kier alpha value is -1.92. The number of aliphatic hydroxyl groups excluding tert-OH is 1. The van der Waals surface area contributed by atoms with E-state index in [2.05, 4.69) is 15.6 Å². The van der Waals surface area contributed by atoms with Crippen LogP contribution in [0.4, 0.5) is 10.5 Å². The van der Waals surface area contributed by atoms with Gasteiger partial charge in [-0.3, -0.25) is 0 Å². The number of hydrogen-bond donors (Lipinski definition) is 3. The third kappa shape index (κ3) is 4.82. The zero-order chi connectivity index (χ0) is 15.9. The minimum atomic E-state index is -0.234. The molecule has 2 aromatic rings. The number of nitrogens with one attached hydrogen (secondary N) is 2. The van der Waals surface area contributed by atoms with Gasteiger partial charge in [0.2, 0.25) is 0 Å². The lowest BCUT2D eigenvalue weighted by molar-refractivity contribution is 0.245. The Balaban J connectivity index is 1.89. The van der Waals surface area contributed by atoms with Crippen LogP contribution < -0.4 is 10.6 Å². The maximum absolute atomic E-state index is 11.8. The number of hydrogen-bond acceptors (Lipinski definition) is 4. The third-order valence-corrected chi connectivity index (χ3v) is 4.00. The molecule has 1 aromatic carbocycles. The molecule has 0 bridgehead atoms. The predicted molar refractivity (Wildman–Crippen MR) is 90.2 cm³/mol. The van der Waals surface area contributed by atoms with E-state index in [4.69, 9.17) is 5.11 Å². The number of amides is 2. The highest BCUT2D eigenvalue weighted by Gasteiger charge is 2.07. The lowest BCUT2D eigenvalue weighted by Gasteiger charge is -2.14. The van der Waals surface area contributed by atoms with Gasteiger partial charge in [-0.05, 0) is 38.8 Å². The van der Waals surface area contributed by atoms with Crippen molar-refractivity contribution in [2.75, 3.05) is 11.9 Å². The summed E-state index contributed by atoms with van der Waals surface area (Å²) >= 11 is 1.62. The highest BCUT2D eigenvalue weighted by molar-refractivity contribution is 7.09. The first-order valence-corrected chi connectivity index (χ1v) is 8.17. The SMILES string of the molecule is Cc1nc(-c2ccc(NC(=O)NC(C)CCCO)cc2)cs1. The number of carbonyl (C=O) groups excluding carboxylic acids is 1. The van der Waals surface area contributed by atoms with E-state index in [0.717, 1.165) is 28.4 Å². The molecule has 0 spiro atoms. The van der Waals surface area contributed by atoms with Crippen molar-refractivity contribution in [2.45, 2.75) is 32.7 Å². The Kier molecular flexibility index (Phi) is 5.91. The molecule has 0 saturated heterocycles. The minimum absolute atomic E-state index is 0.0319. The molecule has 0 aliphatic carbocycles. The van der Waals surface area contributed by atoms with Crippen molar-refractivity contribution < 1.29 is 9.90 Å². The monoisotopic (exact) mass is 319 g/mol. The lowest BCUT2D eigenvalue weighted by atomic mass is 10.1. The zero-order valence-electron chi connectivity index (χ0n) is 12.8. The molecule has 0 radical (unpaired) electrons. The van der Waals surface area contributed by atoms with Crippen molar-refractivity contribution in [3.63, 3.8) is 0 Å². The fraction of sp³-hybridized carbons (Fsp3) is 0.375. The van der Waals surface area contributed by atoms with Crippen LogP contribution >= 0.6 is 11.3 Å². The lowest BCUT2D eigenvalue weighted by Crippen LogP contribution is -2.36. The van der Waals surface area contributed by atoms with Crippen LogP contribution in [0.2, 0.25) is 0 Å². The van der Waals surface area contributed by atoms with E-state index in [1.165, 1.54) is 0 Å². The van der Waals surface area contributed by atoms with Crippen LogP contribution in [-0.2, 0) is 0 Å². The first-order valence-electron chi connectivity index (χ1n) is 7.29. The molecule has 1 aromatic heterocycles. The molecule has 1 atom stereocenters. The van der Waals surface area contributed by atoms with Crippen molar-refractivity contribution in [3.8, 4) is 11.3 Å². The molecule has 118 valence electrons. The van der Waals surface area contributed by atoms with Crippen molar-refractivity contribution in [2.24, 2.45) is 0 Å². The van der Waals surface area contributed by atoms with E-state index >= 15 is 0 Å². The summed E-state index contributed by atoms with van der Waals surface area (Å²) in [7, 11) is 0. The summed E-state index contributed by atoms with van der Waals surface area (Å²) < 4.78 is 0. The number of anilines is 1. The number of rotatable bonds is 6. The molecule has 0 aliphatic heterocycles. The van der Waals surface area contributed by atoms with Crippen LogP contribution in [0, 0.1) is 6.92 Å².